The first-order chi connectivity index (χ1) is 11.9. The van der Waals surface area contributed by atoms with E-state index in [1.165, 1.54) is 5.56 Å². The highest BCUT2D eigenvalue weighted by molar-refractivity contribution is 6.08. The number of nitriles is 1. The zero-order chi connectivity index (χ0) is 18.0. The summed E-state index contributed by atoms with van der Waals surface area (Å²) >= 11 is 0. The molecule has 4 heteroatoms. The number of anilines is 1. The number of allylic oxidation sites excluding steroid dienone is 1. The van der Waals surface area contributed by atoms with Gasteiger partial charge in [0.15, 0.2) is 5.78 Å². The molecule has 0 saturated heterocycles. The van der Waals surface area contributed by atoms with E-state index in [1.807, 2.05) is 7.05 Å². The summed E-state index contributed by atoms with van der Waals surface area (Å²) in [7, 11) is 1.88. The molecule has 0 unspecified atom stereocenters. The van der Waals surface area contributed by atoms with E-state index in [1.54, 1.807) is 30.3 Å². The fourth-order valence-corrected chi connectivity index (χ4v) is 3.13. The number of rotatable bonds is 3. The molecule has 2 aromatic rings. The Balaban J connectivity index is 2.01. The predicted molar refractivity (Wildman–Crippen MR) is 100 cm³/mol. The summed E-state index contributed by atoms with van der Waals surface area (Å²) in [5.74, 6) is -0.0782. The van der Waals surface area contributed by atoms with Gasteiger partial charge in [0.1, 0.15) is 0 Å². The third-order valence-corrected chi connectivity index (χ3v) is 4.37. The topological polar surface area (TPSA) is 64.9 Å². The number of hydrogen-bond donors (Lipinski definition) is 2. The van der Waals surface area contributed by atoms with Gasteiger partial charge < -0.3 is 10.6 Å². The molecular weight excluding hydrogens is 310 g/mol. The number of nitrogens with zero attached hydrogens (tertiary/aromatic N) is 1. The summed E-state index contributed by atoms with van der Waals surface area (Å²) in [6.45, 7) is 4.25. The van der Waals surface area contributed by atoms with E-state index in [2.05, 4.69) is 48.7 Å². The van der Waals surface area contributed by atoms with Crippen molar-refractivity contribution in [2.45, 2.75) is 25.8 Å². The molecule has 0 spiro atoms. The maximum atomic E-state index is 12.7. The minimum atomic E-state index is -0.120. The van der Waals surface area contributed by atoms with Crippen LogP contribution in [0.2, 0.25) is 0 Å². The van der Waals surface area contributed by atoms with Crippen LogP contribution in [0.5, 0.6) is 0 Å². The highest BCUT2D eigenvalue weighted by Gasteiger charge is 2.28. The summed E-state index contributed by atoms with van der Waals surface area (Å²) in [5, 5.41) is 15.5. The van der Waals surface area contributed by atoms with Crippen molar-refractivity contribution in [3.05, 3.63) is 70.8 Å². The molecule has 0 atom stereocenters. The molecule has 2 N–H and O–H groups in total. The summed E-state index contributed by atoms with van der Waals surface area (Å²) in [5.41, 5.74) is 5.11. The molecule has 126 valence electrons. The Hall–Kier alpha value is -3.06. The van der Waals surface area contributed by atoms with Gasteiger partial charge in [0.05, 0.1) is 11.6 Å². The van der Waals surface area contributed by atoms with Crippen molar-refractivity contribution in [3.63, 3.8) is 0 Å². The van der Waals surface area contributed by atoms with Crippen LogP contribution in [-0.4, -0.2) is 18.4 Å². The van der Waals surface area contributed by atoms with Crippen LogP contribution in [0, 0.1) is 11.3 Å². The number of ketones is 1. The smallest absolute Gasteiger partial charge is 0.187 e. The van der Waals surface area contributed by atoms with Gasteiger partial charge >= 0.3 is 0 Å². The fraction of sp³-hybridized carbons (Fsp3) is 0.238. The molecule has 0 amide bonds. The van der Waals surface area contributed by atoms with Crippen LogP contribution in [-0.2, 0) is 6.42 Å². The Morgan fingerprint density at radius 1 is 1.24 bits per heavy atom. The second-order valence-corrected chi connectivity index (χ2v) is 6.92. The largest absolute Gasteiger partial charge is 0.388 e. The molecule has 2 aromatic carbocycles. The van der Waals surface area contributed by atoms with Crippen molar-refractivity contribution < 1.29 is 4.79 Å². The summed E-state index contributed by atoms with van der Waals surface area (Å²) in [6, 6.07) is 15.0. The Bertz CT molecular complexity index is 886. The first-order valence-electron chi connectivity index (χ1n) is 8.27. The summed E-state index contributed by atoms with van der Waals surface area (Å²) in [4.78, 5) is 12.7. The standard InChI is InChI=1S/C21H21N3O/c1-21(2)12-16-8-9-17(23-3)10-18(16)19(24-21)11-20(25)15-6-4-14(13-22)5-7-15/h4-11,23-24H,12H2,1-3H3/b19-11-. The van der Waals surface area contributed by atoms with E-state index in [4.69, 9.17) is 5.26 Å². The molecule has 4 nitrogen and oxygen atoms in total. The maximum absolute atomic E-state index is 12.7. The van der Waals surface area contributed by atoms with Crippen LogP contribution < -0.4 is 10.6 Å². The lowest BCUT2D eigenvalue weighted by Crippen LogP contribution is -2.43. The first-order valence-corrected chi connectivity index (χ1v) is 8.27. The second-order valence-electron chi connectivity index (χ2n) is 6.92. The van der Waals surface area contributed by atoms with E-state index >= 15 is 0 Å². The Kier molecular flexibility index (Phi) is 4.33. The molecule has 1 aliphatic heterocycles. The molecule has 0 radical (unpaired) electrons. The van der Waals surface area contributed by atoms with Crippen molar-refractivity contribution in [2.75, 3.05) is 12.4 Å². The SMILES string of the molecule is CNc1ccc2c(c1)/C(=C/C(=O)c1ccc(C#N)cc1)NC(C)(C)C2. The van der Waals surface area contributed by atoms with Crippen LogP contribution in [0.1, 0.15) is 40.9 Å². The Morgan fingerprint density at radius 3 is 2.60 bits per heavy atom. The van der Waals surface area contributed by atoms with Crippen molar-refractivity contribution in [1.29, 1.82) is 5.26 Å². The quantitative estimate of drug-likeness (QED) is 0.664. The van der Waals surface area contributed by atoms with Gasteiger partial charge in [0.2, 0.25) is 0 Å². The molecule has 1 aliphatic rings. The van der Waals surface area contributed by atoms with E-state index in [9.17, 15) is 4.79 Å². The molecule has 0 fully saturated rings. The van der Waals surface area contributed by atoms with Gasteiger partial charge in [0.25, 0.3) is 0 Å². The minimum absolute atomic E-state index is 0.0782. The number of benzene rings is 2. The zero-order valence-corrected chi connectivity index (χ0v) is 14.7. The lowest BCUT2D eigenvalue weighted by Gasteiger charge is -2.35. The third kappa shape index (κ3) is 3.56. The van der Waals surface area contributed by atoms with Gasteiger partial charge in [-0.15, -0.1) is 0 Å². The van der Waals surface area contributed by atoms with Gasteiger partial charge in [-0.1, -0.05) is 6.07 Å². The lowest BCUT2D eigenvalue weighted by molar-refractivity contribution is 0.104. The molecule has 0 aliphatic carbocycles. The average molecular weight is 331 g/mol. The van der Waals surface area contributed by atoms with Crippen LogP contribution in [0.25, 0.3) is 5.70 Å². The summed E-state index contributed by atoms with van der Waals surface area (Å²) in [6.07, 6.45) is 2.55. The normalized spacial score (nSPS) is 16.5. The van der Waals surface area contributed by atoms with Crippen molar-refractivity contribution >= 4 is 17.2 Å². The monoisotopic (exact) mass is 331 g/mol. The molecular formula is C21H21N3O. The second kappa shape index (κ2) is 6.45. The van der Waals surface area contributed by atoms with Crippen molar-refractivity contribution in [3.8, 4) is 6.07 Å². The van der Waals surface area contributed by atoms with Gasteiger partial charge in [-0.05, 0) is 62.2 Å². The van der Waals surface area contributed by atoms with E-state index in [0.717, 1.165) is 23.4 Å². The Morgan fingerprint density at radius 2 is 1.96 bits per heavy atom. The number of fused-ring (bicyclic) bond motifs is 1. The number of nitrogens with one attached hydrogen (secondary N) is 2. The predicted octanol–water partition coefficient (Wildman–Crippen LogP) is 3.75. The third-order valence-electron chi connectivity index (χ3n) is 4.37. The van der Waals surface area contributed by atoms with E-state index in [0.29, 0.717) is 11.1 Å². The number of carbonyl (C=O) groups excluding carboxylic acids is 1. The lowest BCUT2D eigenvalue weighted by atomic mass is 9.85. The molecule has 1 heterocycles. The van der Waals surface area contributed by atoms with Crippen LogP contribution in [0.4, 0.5) is 5.69 Å². The molecule has 0 saturated carbocycles. The molecule has 25 heavy (non-hydrogen) atoms. The number of carbonyl (C=O) groups is 1. The molecule has 0 aromatic heterocycles. The van der Waals surface area contributed by atoms with Crippen molar-refractivity contribution in [1.82, 2.24) is 5.32 Å². The minimum Gasteiger partial charge on any atom is -0.388 e. The zero-order valence-electron chi connectivity index (χ0n) is 14.7. The molecule has 3 rings (SSSR count). The van der Waals surface area contributed by atoms with E-state index < -0.39 is 0 Å². The van der Waals surface area contributed by atoms with Crippen molar-refractivity contribution in [2.24, 2.45) is 0 Å². The number of hydrogen-bond acceptors (Lipinski definition) is 4. The highest BCUT2D eigenvalue weighted by atomic mass is 16.1. The average Bonchev–Trinajstić information content (AvgIpc) is 2.60. The van der Waals surface area contributed by atoms with Crippen LogP contribution in [0.3, 0.4) is 0 Å². The van der Waals surface area contributed by atoms with Crippen LogP contribution in [0.15, 0.2) is 48.5 Å². The fourth-order valence-electron chi connectivity index (χ4n) is 3.13. The Labute approximate surface area is 148 Å². The summed E-state index contributed by atoms with van der Waals surface area (Å²) < 4.78 is 0. The van der Waals surface area contributed by atoms with Gasteiger partial charge in [-0.3, -0.25) is 4.79 Å². The van der Waals surface area contributed by atoms with Gasteiger partial charge in [-0.2, -0.15) is 5.26 Å². The van der Waals surface area contributed by atoms with E-state index in [-0.39, 0.29) is 11.3 Å². The van der Waals surface area contributed by atoms with Gasteiger partial charge in [0, 0.05) is 41.2 Å². The van der Waals surface area contributed by atoms with Gasteiger partial charge in [-0.25, -0.2) is 0 Å². The molecule has 0 bridgehead atoms. The maximum Gasteiger partial charge on any atom is 0.187 e. The highest BCUT2D eigenvalue weighted by Crippen LogP contribution is 2.31. The van der Waals surface area contributed by atoms with Crippen LogP contribution >= 0.6 is 0 Å². The first kappa shape index (κ1) is 16.8.